The average Bonchev–Trinajstić information content (AvgIpc) is 2.08. The van der Waals surface area contributed by atoms with E-state index in [0.29, 0.717) is 0 Å². The van der Waals surface area contributed by atoms with Gasteiger partial charge in [0, 0.05) is 7.11 Å². The largest absolute Gasteiger partial charge is 0.400 e. The van der Waals surface area contributed by atoms with Gasteiger partial charge in [-0.1, -0.05) is 0 Å². The molecule has 0 aromatic rings. The third kappa shape index (κ3) is 4.31. The quantitative estimate of drug-likeness (QED) is 0.580. The number of hydrogen-bond donors (Lipinski definition) is 0. The van der Waals surface area contributed by atoms with Crippen molar-refractivity contribution >= 4 is 20.5 Å². The van der Waals surface area contributed by atoms with E-state index < -0.39 is 39.3 Å². The van der Waals surface area contributed by atoms with Crippen LogP contribution in [0.3, 0.4) is 0 Å². The first kappa shape index (κ1) is 13.8. The lowest BCUT2D eigenvalue weighted by Crippen LogP contribution is -2.46. The molecular formula is C6H12O8S2. The van der Waals surface area contributed by atoms with Crippen LogP contribution in [0.1, 0.15) is 0 Å². The molecule has 1 fully saturated rings. The normalized spacial score (nSPS) is 30.1. The molecule has 0 aliphatic carbocycles. The molecule has 0 aromatic heterocycles. The molecule has 1 aliphatic rings. The maximum absolute atomic E-state index is 10.9. The highest BCUT2D eigenvalue weighted by Gasteiger charge is 2.37. The Morgan fingerprint density at radius 1 is 1.44 bits per heavy atom. The lowest BCUT2D eigenvalue weighted by molar-refractivity contribution is -0.0467. The molecule has 1 aliphatic heterocycles. The van der Waals surface area contributed by atoms with E-state index in [1.54, 1.807) is 0 Å². The van der Waals surface area contributed by atoms with Crippen molar-refractivity contribution in [3.8, 4) is 0 Å². The van der Waals surface area contributed by atoms with Crippen molar-refractivity contribution in [2.75, 3.05) is 26.6 Å². The van der Waals surface area contributed by atoms with Crippen LogP contribution in [0.2, 0.25) is 0 Å². The summed E-state index contributed by atoms with van der Waals surface area (Å²) in [6, 6.07) is 0. The van der Waals surface area contributed by atoms with E-state index >= 15 is 0 Å². The topological polar surface area (TPSA) is 105 Å². The van der Waals surface area contributed by atoms with Crippen LogP contribution in [0.25, 0.3) is 0 Å². The fourth-order valence-corrected chi connectivity index (χ4v) is 2.58. The van der Waals surface area contributed by atoms with E-state index in [2.05, 4.69) is 12.5 Å². The van der Waals surface area contributed by atoms with Crippen molar-refractivity contribution in [2.45, 2.75) is 12.2 Å². The summed E-state index contributed by atoms with van der Waals surface area (Å²) < 4.78 is 61.8. The Morgan fingerprint density at radius 3 is 2.56 bits per heavy atom. The van der Waals surface area contributed by atoms with Crippen LogP contribution in [0.4, 0.5) is 0 Å². The van der Waals surface area contributed by atoms with Gasteiger partial charge in [-0.05, 0) is 0 Å². The Labute approximate surface area is 93.9 Å². The van der Waals surface area contributed by atoms with Crippen LogP contribution in [-0.2, 0) is 37.8 Å². The highest BCUT2D eigenvalue weighted by atomic mass is 32.3. The van der Waals surface area contributed by atoms with Gasteiger partial charge in [0.25, 0.3) is 10.1 Å². The molecular weight excluding hydrogens is 264 g/mol. The number of methoxy groups -OCH3 is 1. The highest BCUT2D eigenvalue weighted by Crippen LogP contribution is 2.18. The summed E-state index contributed by atoms with van der Waals surface area (Å²) in [4.78, 5) is 0. The van der Waals surface area contributed by atoms with E-state index in [4.69, 9.17) is 4.74 Å². The zero-order chi connectivity index (χ0) is 12.4. The van der Waals surface area contributed by atoms with Crippen LogP contribution in [-0.4, -0.2) is 55.6 Å². The smallest absolute Gasteiger partial charge is 0.382 e. The molecule has 0 bridgehead atoms. The van der Waals surface area contributed by atoms with Gasteiger partial charge in [0.15, 0.2) is 0 Å². The molecule has 8 nitrogen and oxygen atoms in total. The van der Waals surface area contributed by atoms with Gasteiger partial charge in [0.05, 0.1) is 19.5 Å². The molecule has 1 saturated heterocycles. The SMILES string of the molecule is COCC1OS(=O)(=O)OCC1OS(C)(=O)=O. The lowest BCUT2D eigenvalue weighted by Gasteiger charge is -2.28. The summed E-state index contributed by atoms with van der Waals surface area (Å²) in [6.07, 6.45) is -1.24. The summed E-state index contributed by atoms with van der Waals surface area (Å²) >= 11 is 0. The summed E-state index contributed by atoms with van der Waals surface area (Å²) in [5.41, 5.74) is 0. The van der Waals surface area contributed by atoms with Gasteiger partial charge in [0.1, 0.15) is 12.2 Å². The second kappa shape index (κ2) is 4.94. The monoisotopic (exact) mass is 276 g/mol. The van der Waals surface area contributed by atoms with Gasteiger partial charge in [0.2, 0.25) is 0 Å². The van der Waals surface area contributed by atoms with Crippen LogP contribution < -0.4 is 0 Å². The highest BCUT2D eigenvalue weighted by molar-refractivity contribution is 7.86. The molecule has 0 radical (unpaired) electrons. The lowest BCUT2D eigenvalue weighted by atomic mass is 10.2. The fourth-order valence-electron chi connectivity index (χ4n) is 1.11. The van der Waals surface area contributed by atoms with Gasteiger partial charge >= 0.3 is 10.4 Å². The molecule has 96 valence electrons. The van der Waals surface area contributed by atoms with Crippen molar-refractivity contribution in [1.82, 2.24) is 0 Å². The van der Waals surface area contributed by atoms with Crippen molar-refractivity contribution in [1.29, 1.82) is 0 Å². The number of ether oxygens (including phenoxy) is 1. The van der Waals surface area contributed by atoms with Crippen molar-refractivity contribution < 1.29 is 34.1 Å². The first-order valence-corrected chi connectivity index (χ1v) is 7.33. The summed E-state index contributed by atoms with van der Waals surface area (Å²) in [5, 5.41) is 0. The molecule has 0 amide bonds. The van der Waals surface area contributed by atoms with E-state index in [-0.39, 0.29) is 6.61 Å². The van der Waals surface area contributed by atoms with E-state index in [0.717, 1.165) is 6.26 Å². The summed E-state index contributed by atoms with van der Waals surface area (Å²) in [7, 11) is -6.50. The minimum Gasteiger partial charge on any atom is -0.382 e. The second-order valence-corrected chi connectivity index (χ2v) is 5.97. The minimum atomic E-state index is -4.10. The minimum absolute atomic E-state index is 0.122. The Balaban J connectivity index is 2.76. The maximum atomic E-state index is 10.9. The van der Waals surface area contributed by atoms with Crippen molar-refractivity contribution in [2.24, 2.45) is 0 Å². The molecule has 10 heteroatoms. The third-order valence-corrected chi connectivity index (χ3v) is 3.17. The zero-order valence-corrected chi connectivity index (χ0v) is 10.3. The fraction of sp³-hybridized carbons (Fsp3) is 1.00. The Kier molecular flexibility index (Phi) is 4.26. The van der Waals surface area contributed by atoms with Crippen LogP contribution in [0, 0.1) is 0 Å². The molecule has 1 heterocycles. The van der Waals surface area contributed by atoms with Gasteiger partial charge in [-0.15, -0.1) is 0 Å². The summed E-state index contributed by atoms with van der Waals surface area (Å²) in [5.74, 6) is 0. The molecule has 2 unspecified atom stereocenters. The van der Waals surface area contributed by atoms with E-state index in [1.807, 2.05) is 0 Å². The van der Waals surface area contributed by atoms with E-state index in [9.17, 15) is 16.8 Å². The first-order chi connectivity index (χ1) is 7.23. The first-order valence-electron chi connectivity index (χ1n) is 4.18. The predicted molar refractivity (Wildman–Crippen MR) is 51.3 cm³/mol. The number of hydrogen-bond acceptors (Lipinski definition) is 8. The average molecular weight is 276 g/mol. The Morgan fingerprint density at radius 2 is 2.06 bits per heavy atom. The van der Waals surface area contributed by atoms with Gasteiger partial charge < -0.3 is 4.74 Å². The van der Waals surface area contributed by atoms with Crippen LogP contribution in [0.15, 0.2) is 0 Å². The van der Waals surface area contributed by atoms with E-state index in [1.165, 1.54) is 7.11 Å². The molecule has 1 rings (SSSR count). The third-order valence-electron chi connectivity index (χ3n) is 1.66. The van der Waals surface area contributed by atoms with Gasteiger partial charge in [-0.3, -0.25) is 4.18 Å². The Hall–Kier alpha value is -0.260. The number of rotatable bonds is 4. The molecule has 0 saturated carbocycles. The Bertz CT molecular complexity index is 421. The van der Waals surface area contributed by atoms with Crippen molar-refractivity contribution in [3.63, 3.8) is 0 Å². The van der Waals surface area contributed by atoms with Crippen molar-refractivity contribution in [3.05, 3.63) is 0 Å². The predicted octanol–water partition coefficient (Wildman–Crippen LogP) is -1.36. The molecule has 0 N–H and O–H groups in total. The van der Waals surface area contributed by atoms with Crippen LogP contribution >= 0.6 is 0 Å². The van der Waals surface area contributed by atoms with Crippen LogP contribution in [0.5, 0.6) is 0 Å². The maximum Gasteiger partial charge on any atom is 0.400 e. The second-order valence-electron chi connectivity index (χ2n) is 3.12. The molecule has 0 spiro atoms. The van der Waals surface area contributed by atoms with Gasteiger partial charge in [-0.25, -0.2) is 8.37 Å². The zero-order valence-electron chi connectivity index (χ0n) is 8.65. The summed E-state index contributed by atoms with van der Waals surface area (Å²) in [6.45, 7) is -0.549. The molecule has 2 atom stereocenters. The van der Waals surface area contributed by atoms with Gasteiger partial charge in [-0.2, -0.15) is 16.8 Å². The standard InChI is InChI=1S/C6H12O8S2/c1-11-3-5-6(13-15(2,7)8)4-12-16(9,10)14-5/h5-6H,3-4H2,1-2H3. The molecule has 0 aromatic carbocycles. The molecule has 16 heavy (non-hydrogen) atoms.